The van der Waals surface area contributed by atoms with E-state index in [1.807, 2.05) is 29.2 Å². The molecule has 0 radical (unpaired) electrons. The summed E-state index contributed by atoms with van der Waals surface area (Å²) in [4.78, 5) is 22.0. The third-order valence-corrected chi connectivity index (χ3v) is 4.81. The van der Waals surface area contributed by atoms with Crippen molar-refractivity contribution < 1.29 is 4.79 Å². The van der Waals surface area contributed by atoms with E-state index in [9.17, 15) is 4.79 Å². The molecule has 0 unspecified atom stereocenters. The molecular formula is C17H20N4O. The van der Waals surface area contributed by atoms with Crippen molar-refractivity contribution in [2.75, 3.05) is 13.1 Å². The van der Waals surface area contributed by atoms with Gasteiger partial charge in [-0.05, 0) is 36.8 Å². The quantitative estimate of drug-likeness (QED) is 0.908. The van der Waals surface area contributed by atoms with E-state index in [1.165, 1.54) is 12.8 Å². The Hall–Kier alpha value is -2.14. The lowest BCUT2D eigenvalue weighted by atomic mass is 9.99. The summed E-state index contributed by atoms with van der Waals surface area (Å²) in [7, 11) is 0. The highest BCUT2D eigenvalue weighted by Gasteiger charge is 2.42. The van der Waals surface area contributed by atoms with Crippen molar-refractivity contribution in [3.8, 4) is 11.4 Å². The van der Waals surface area contributed by atoms with Crippen molar-refractivity contribution in [2.24, 2.45) is 17.6 Å². The van der Waals surface area contributed by atoms with Gasteiger partial charge in [-0.3, -0.25) is 4.79 Å². The zero-order chi connectivity index (χ0) is 15.1. The van der Waals surface area contributed by atoms with Gasteiger partial charge in [0.25, 0.3) is 5.91 Å². The Morgan fingerprint density at radius 2 is 2.18 bits per heavy atom. The van der Waals surface area contributed by atoms with Crippen LogP contribution in [-0.4, -0.2) is 39.9 Å². The molecule has 1 aliphatic heterocycles. The third-order valence-electron chi connectivity index (χ3n) is 4.81. The topological polar surface area (TPSA) is 75.0 Å². The molecule has 114 valence electrons. The Morgan fingerprint density at radius 1 is 1.32 bits per heavy atom. The minimum absolute atomic E-state index is 0.0759. The van der Waals surface area contributed by atoms with Crippen LogP contribution in [0.5, 0.6) is 0 Å². The number of hydrogen-bond acceptors (Lipinski definition) is 3. The average molecular weight is 296 g/mol. The smallest absolute Gasteiger partial charge is 0.253 e. The van der Waals surface area contributed by atoms with Gasteiger partial charge in [0.05, 0.1) is 0 Å². The molecule has 22 heavy (non-hydrogen) atoms. The predicted octanol–water partition coefficient (Wildman–Crippen LogP) is 1.89. The fourth-order valence-corrected chi connectivity index (χ4v) is 3.45. The van der Waals surface area contributed by atoms with Crippen LogP contribution in [0.1, 0.15) is 23.2 Å². The molecule has 2 aromatic rings. The fraction of sp³-hybridized carbons (Fsp3) is 0.412. The summed E-state index contributed by atoms with van der Waals surface area (Å²) < 4.78 is 0. The molecule has 2 fully saturated rings. The van der Waals surface area contributed by atoms with Crippen LogP contribution in [0.4, 0.5) is 0 Å². The molecule has 1 amide bonds. The third kappa shape index (κ3) is 2.41. The summed E-state index contributed by atoms with van der Waals surface area (Å²) in [5, 5.41) is 0. The number of H-pyrrole nitrogens is 1. The molecule has 3 N–H and O–H groups in total. The van der Waals surface area contributed by atoms with Crippen LogP contribution in [-0.2, 0) is 0 Å². The predicted molar refractivity (Wildman–Crippen MR) is 84.1 cm³/mol. The van der Waals surface area contributed by atoms with Crippen molar-refractivity contribution >= 4 is 5.91 Å². The minimum atomic E-state index is 0.0759. The van der Waals surface area contributed by atoms with E-state index in [0.29, 0.717) is 18.0 Å². The normalized spacial score (nSPS) is 24.7. The van der Waals surface area contributed by atoms with Gasteiger partial charge < -0.3 is 15.6 Å². The number of aromatic amines is 1. The highest BCUT2D eigenvalue weighted by molar-refractivity contribution is 5.95. The monoisotopic (exact) mass is 296 g/mol. The number of likely N-dealkylation sites (tertiary alicyclic amines) is 1. The van der Waals surface area contributed by atoms with Crippen LogP contribution in [0.3, 0.4) is 0 Å². The second-order valence-electron chi connectivity index (χ2n) is 6.39. The van der Waals surface area contributed by atoms with Crippen LogP contribution in [0.15, 0.2) is 36.7 Å². The Bertz CT molecular complexity index is 678. The van der Waals surface area contributed by atoms with Gasteiger partial charge in [-0.1, -0.05) is 12.1 Å². The highest BCUT2D eigenvalue weighted by Crippen LogP contribution is 2.41. The van der Waals surface area contributed by atoms with E-state index in [-0.39, 0.29) is 11.9 Å². The number of nitrogens with one attached hydrogen (secondary N) is 1. The van der Waals surface area contributed by atoms with E-state index in [2.05, 4.69) is 9.97 Å². The maximum Gasteiger partial charge on any atom is 0.253 e. The number of rotatable bonds is 3. The number of hydrogen-bond donors (Lipinski definition) is 2. The van der Waals surface area contributed by atoms with Crippen molar-refractivity contribution in [1.82, 2.24) is 14.9 Å². The second-order valence-corrected chi connectivity index (χ2v) is 6.39. The van der Waals surface area contributed by atoms with Gasteiger partial charge in [-0.25, -0.2) is 4.98 Å². The summed E-state index contributed by atoms with van der Waals surface area (Å²) in [6, 6.07) is 7.75. The molecular weight excluding hydrogens is 276 g/mol. The first-order valence-corrected chi connectivity index (χ1v) is 7.87. The van der Waals surface area contributed by atoms with Crippen molar-refractivity contribution in [2.45, 2.75) is 18.9 Å². The van der Waals surface area contributed by atoms with Crippen LogP contribution >= 0.6 is 0 Å². The van der Waals surface area contributed by atoms with Gasteiger partial charge in [0, 0.05) is 42.7 Å². The maximum absolute atomic E-state index is 12.7. The number of benzene rings is 1. The lowest BCUT2D eigenvalue weighted by Gasteiger charge is -2.16. The van der Waals surface area contributed by atoms with Gasteiger partial charge in [-0.2, -0.15) is 0 Å². The van der Waals surface area contributed by atoms with Crippen LogP contribution in [0, 0.1) is 11.8 Å². The number of aromatic nitrogens is 2. The summed E-state index contributed by atoms with van der Waals surface area (Å²) in [5.41, 5.74) is 7.86. The fourth-order valence-electron chi connectivity index (χ4n) is 3.45. The summed E-state index contributed by atoms with van der Waals surface area (Å²) >= 11 is 0. The largest absolute Gasteiger partial charge is 0.345 e. The molecule has 1 aliphatic carbocycles. The van der Waals surface area contributed by atoms with E-state index in [1.54, 1.807) is 12.4 Å². The molecule has 1 aromatic carbocycles. The minimum Gasteiger partial charge on any atom is -0.345 e. The molecule has 1 aromatic heterocycles. The zero-order valence-corrected chi connectivity index (χ0v) is 12.4. The van der Waals surface area contributed by atoms with Crippen LogP contribution in [0.25, 0.3) is 11.4 Å². The molecule has 1 saturated heterocycles. The average Bonchev–Trinajstić information content (AvgIpc) is 3.09. The van der Waals surface area contributed by atoms with Crippen LogP contribution < -0.4 is 5.73 Å². The van der Waals surface area contributed by atoms with Gasteiger partial charge >= 0.3 is 0 Å². The second kappa shape index (κ2) is 5.25. The Morgan fingerprint density at radius 3 is 2.91 bits per heavy atom. The first-order chi connectivity index (χ1) is 10.7. The number of amides is 1. The Kier molecular flexibility index (Phi) is 3.22. The number of nitrogens with zero attached hydrogens (tertiary/aromatic N) is 2. The SMILES string of the molecule is N[C@H]1CN(C(=O)c2cccc(-c3ncc[nH]3)c2)C[C@@H]1C1CC1. The van der Waals surface area contributed by atoms with E-state index < -0.39 is 0 Å². The molecule has 0 spiro atoms. The van der Waals surface area contributed by atoms with Gasteiger partial charge in [0.1, 0.15) is 5.82 Å². The van der Waals surface area contributed by atoms with Crippen molar-refractivity contribution in [3.63, 3.8) is 0 Å². The molecule has 1 saturated carbocycles. The first kappa shape index (κ1) is 13.5. The summed E-state index contributed by atoms with van der Waals surface area (Å²) in [5.74, 6) is 2.08. The molecule has 2 heterocycles. The number of nitrogens with two attached hydrogens (primary N) is 1. The lowest BCUT2D eigenvalue weighted by molar-refractivity contribution is 0.0785. The molecule has 4 rings (SSSR count). The van der Waals surface area contributed by atoms with Crippen molar-refractivity contribution in [3.05, 3.63) is 42.2 Å². The standard InChI is InChI=1S/C17H20N4O/c18-15-10-21(9-14(15)11-4-5-11)17(22)13-3-1-2-12(8-13)16-19-6-7-20-16/h1-3,6-8,11,14-15H,4-5,9-10,18H2,(H,19,20)/t14-,15+/m1/s1. The van der Waals surface area contributed by atoms with E-state index in [4.69, 9.17) is 5.73 Å². The van der Waals surface area contributed by atoms with Crippen molar-refractivity contribution in [1.29, 1.82) is 0 Å². The summed E-state index contributed by atoms with van der Waals surface area (Å²) in [6.07, 6.45) is 6.04. The molecule has 2 aliphatic rings. The maximum atomic E-state index is 12.7. The zero-order valence-electron chi connectivity index (χ0n) is 12.4. The number of imidazole rings is 1. The van der Waals surface area contributed by atoms with E-state index in [0.717, 1.165) is 23.9 Å². The molecule has 2 atom stereocenters. The lowest BCUT2D eigenvalue weighted by Crippen LogP contribution is -2.32. The van der Waals surface area contributed by atoms with Gasteiger partial charge in [0.15, 0.2) is 0 Å². The Labute approximate surface area is 129 Å². The van der Waals surface area contributed by atoms with Crippen LogP contribution in [0.2, 0.25) is 0 Å². The number of carbonyl (C=O) groups excluding carboxylic acids is 1. The number of carbonyl (C=O) groups is 1. The van der Waals surface area contributed by atoms with Gasteiger partial charge in [0.2, 0.25) is 0 Å². The molecule has 5 heteroatoms. The van der Waals surface area contributed by atoms with Gasteiger partial charge in [-0.15, -0.1) is 0 Å². The molecule has 0 bridgehead atoms. The van der Waals surface area contributed by atoms with E-state index >= 15 is 0 Å². The Balaban J connectivity index is 1.54. The first-order valence-electron chi connectivity index (χ1n) is 7.87. The summed E-state index contributed by atoms with van der Waals surface area (Å²) in [6.45, 7) is 1.47. The molecule has 5 nitrogen and oxygen atoms in total. The highest BCUT2D eigenvalue weighted by atomic mass is 16.2.